The molecule has 0 spiro atoms. The molecule has 4 rings (SSSR count). The topological polar surface area (TPSA) is 30.2 Å². The highest BCUT2D eigenvalue weighted by molar-refractivity contribution is 9.10. The van der Waals surface area contributed by atoms with Crippen LogP contribution in [0.15, 0.2) is 71.2 Å². The molecule has 2 heterocycles. The molecule has 3 nitrogen and oxygen atoms in total. The van der Waals surface area contributed by atoms with Crippen molar-refractivity contribution >= 4 is 21.6 Å². The average molecular weight is 364 g/mol. The maximum atomic E-state index is 4.77. The van der Waals surface area contributed by atoms with Crippen LogP contribution in [-0.4, -0.2) is 14.6 Å². The van der Waals surface area contributed by atoms with Gasteiger partial charge in [0.2, 0.25) is 0 Å². The third kappa shape index (κ3) is 2.66. The highest BCUT2D eigenvalue weighted by atomic mass is 79.9. The van der Waals surface area contributed by atoms with E-state index in [0.29, 0.717) is 0 Å². The zero-order valence-electron chi connectivity index (χ0n) is 12.6. The Bertz CT molecular complexity index is 973. The number of fused-ring (bicyclic) bond motifs is 1. The summed E-state index contributed by atoms with van der Waals surface area (Å²) in [7, 11) is 0. The summed E-state index contributed by atoms with van der Waals surface area (Å²) in [6.07, 6.45) is 0. The van der Waals surface area contributed by atoms with E-state index in [4.69, 9.17) is 5.10 Å². The Balaban J connectivity index is 1.93. The number of halogens is 1. The number of hydrogen-bond donors (Lipinski definition) is 0. The normalized spacial score (nSPS) is 11.0. The maximum absolute atomic E-state index is 4.77. The zero-order chi connectivity index (χ0) is 15.8. The van der Waals surface area contributed by atoms with Crippen LogP contribution in [0.4, 0.5) is 0 Å². The number of hydrogen-bond acceptors (Lipinski definition) is 2. The van der Waals surface area contributed by atoms with Crippen molar-refractivity contribution in [1.29, 1.82) is 0 Å². The predicted molar refractivity (Wildman–Crippen MR) is 96.3 cm³/mol. The zero-order valence-corrected chi connectivity index (χ0v) is 14.2. The molecule has 2 aromatic heterocycles. The summed E-state index contributed by atoms with van der Waals surface area (Å²) in [5, 5.41) is 4.77. The quantitative estimate of drug-likeness (QED) is 0.493. The maximum Gasteiger partial charge on any atom is 0.156 e. The second kappa shape index (κ2) is 5.63. The summed E-state index contributed by atoms with van der Waals surface area (Å²) in [6.45, 7) is 2.01. The van der Waals surface area contributed by atoms with Crippen LogP contribution in [0.5, 0.6) is 0 Å². The first-order chi connectivity index (χ1) is 11.2. The van der Waals surface area contributed by atoms with E-state index >= 15 is 0 Å². The fourth-order valence-electron chi connectivity index (χ4n) is 2.68. The lowest BCUT2D eigenvalue weighted by atomic mass is 10.1. The van der Waals surface area contributed by atoms with Gasteiger partial charge in [0.1, 0.15) is 0 Å². The standard InChI is InChI=1S/C19H14BrN3/c1-13-11-18(15-5-3-2-4-6-15)23-19(21-13)12-17(22-23)14-7-9-16(20)10-8-14/h2-12H,1H3. The van der Waals surface area contributed by atoms with Crippen molar-refractivity contribution in [3.8, 4) is 22.5 Å². The van der Waals surface area contributed by atoms with Crippen LogP contribution < -0.4 is 0 Å². The molecule has 0 saturated carbocycles. The molecule has 0 radical (unpaired) electrons. The molecule has 0 unspecified atom stereocenters. The highest BCUT2D eigenvalue weighted by Gasteiger charge is 2.11. The van der Waals surface area contributed by atoms with Crippen LogP contribution in [0.1, 0.15) is 5.69 Å². The summed E-state index contributed by atoms with van der Waals surface area (Å²) in [5.41, 5.74) is 6.04. The van der Waals surface area contributed by atoms with E-state index in [1.54, 1.807) is 0 Å². The molecule has 0 aliphatic heterocycles. The van der Waals surface area contributed by atoms with E-state index in [9.17, 15) is 0 Å². The Kier molecular flexibility index (Phi) is 3.46. The number of aryl methyl sites for hydroxylation is 1. The van der Waals surface area contributed by atoms with Gasteiger partial charge in [0.05, 0.1) is 11.4 Å². The van der Waals surface area contributed by atoms with Gasteiger partial charge in [0, 0.05) is 27.4 Å². The monoisotopic (exact) mass is 363 g/mol. The second-order valence-electron chi connectivity index (χ2n) is 5.46. The first kappa shape index (κ1) is 14.2. The van der Waals surface area contributed by atoms with Crippen LogP contribution >= 0.6 is 15.9 Å². The minimum absolute atomic E-state index is 0.863. The van der Waals surface area contributed by atoms with Gasteiger partial charge < -0.3 is 0 Å². The molecule has 4 aromatic rings. The fraction of sp³-hybridized carbons (Fsp3) is 0.0526. The summed E-state index contributed by atoms with van der Waals surface area (Å²) in [4.78, 5) is 4.62. The molecule has 0 bridgehead atoms. The Labute approximate surface area is 142 Å². The first-order valence-electron chi connectivity index (χ1n) is 7.39. The minimum Gasteiger partial charge on any atom is -0.234 e. The predicted octanol–water partition coefficient (Wildman–Crippen LogP) is 5.13. The molecule has 0 fully saturated rings. The molecule has 112 valence electrons. The summed E-state index contributed by atoms with van der Waals surface area (Å²) < 4.78 is 2.98. The van der Waals surface area contributed by atoms with Crippen LogP contribution in [-0.2, 0) is 0 Å². The summed E-state index contributed by atoms with van der Waals surface area (Å²) >= 11 is 3.47. The number of rotatable bonds is 2. The van der Waals surface area contributed by atoms with Crippen molar-refractivity contribution in [2.24, 2.45) is 0 Å². The van der Waals surface area contributed by atoms with Gasteiger partial charge in [-0.2, -0.15) is 5.10 Å². The van der Waals surface area contributed by atoms with E-state index in [1.807, 2.05) is 47.8 Å². The average Bonchev–Trinajstić information content (AvgIpc) is 2.99. The minimum atomic E-state index is 0.863. The molecule has 4 heteroatoms. The molecular weight excluding hydrogens is 350 g/mol. The SMILES string of the molecule is Cc1cc(-c2ccccc2)n2nc(-c3ccc(Br)cc3)cc2n1. The third-order valence-electron chi connectivity index (χ3n) is 3.76. The first-order valence-corrected chi connectivity index (χ1v) is 8.19. The van der Waals surface area contributed by atoms with Crippen molar-refractivity contribution in [2.45, 2.75) is 6.92 Å². The third-order valence-corrected chi connectivity index (χ3v) is 4.29. The van der Waals surface area contributed by atoms with E-state index < -0.39 is 0 Å². The lowest BCUT2D eigenvalue weighted by Crippen LogP contribution is -1.97. The summed E-state index contributed by atoms with van der Waals surface area (Å²) in [6, 6.07) is 22.5. The number of benzene rings is 2. The van der Waals surface area contributed by atoms with Gasteiger partial charge in [-0.1, -0.05) is 58.4 Å². The Hall–Kier alpha value is -2.46. The molecule has 0 atom stereocenters. The Morgan fingerprint density at radius 1 is 0.870 bits per heavy atom. The lowest BCUT2D eigenvalue weighted by molar-refractivity contribution is 0.942. The largest absolute Gasteiger partial charge is 0.234 e. The van der Waals surface area contributed by atoms with E-state index in [0.717, 1.165) is 38.3 Å². The van der Waals surface area contributed by atoms with Crippen molar-refractivity contribution in [3.63, 3.8) is 0 Å². The van der Waals surface area contributed by atoms with Crippen LogP contribution in [0.2, 0.25) is 0 Å². The smallest absolute Gasteiger partial charge is 0.156 e. The Morgan fingerprint density at radius 3 is 2.35 bits per heavy atom. The van der Waals surface area contributed by atoms with Gasteiger partial charge in [-0.25, -0.2) is 9.50 Å². The molecule has 0 amide bonds. The lowest BCUT2D eigenvalue weighted by Gasteiger charge is -2.05. The Morgan fingerprint density at radius 2 is 1.61 bits per heavy atom. The van der Waals surface area contributed by atoms with E-state index in [-0.39, 0.29) is 0 Å². The van der Waals surface area contributed by atoms with E-state index in [2.05, 4.69) is 51.2 Å². The molecule has 2 aromatic carbocycles. The number of aromatic nitrogens is 3. The van der Waals surface area contributed by atoms with Crippen molar-refractivity contribution in [3.05, 3.63) is 76.9 Å². The van der Waals surface area contributed by atoms with Gasteiger partial charge in [0.25, 0.3) is 0 Å². The van der Waals surface area contributed by atoms with Gasteiger partial charge in [0.15, 0.2) is 5.65 Å². The molecule has 0 aliphatic rings. The van der Waals surface area contributed by atoms with E-state index in [1.165, 1.54) is 0 Å². The van der Waals surface area contributed by atoms with Crippen molar-refractivity contribution in [1.82, 2.24) is 14.6 Å². The van der Waals surface area contributed by atoms with Gasteiger partial charge in [-0.05, 0) is 25.1 Å². The van der Waals surface area contributed by atoms with Crippen LogP contribution in [0.25, 0.3) is 28.2 Å². The summed E-state index contributed by atoms with van der Waals surface area (Å²) in [5.74, 6) is 0. The number of nitrogens with zero attached hydrogens (tertiary/aromatic N) is 3. The van der Waals surface area contributed by atoms with Gasteiger partial charge in [-0.15, -0.1) is 0 Å². The van der Waals surface area contributed by atoms with Crippen molar-refractivity contribution in [2.75, 3.05) is 0 Å². The molecule has 0 N–H and O–H groups in total. The van der Waals surface area contributed by atoms with Crippen LogP contribution in [0, 0.1) is 6.92 Å². The van der Waals surface area contributed by atoms with Gasteiger partial charge in [-0.3, -0.25) is 0 Å². The molecule has 0 saturated heterocycles. The molecule has 0 aliphatic carbocycles. The molecular formula is C19H14BrN3. The fourth-order valence-corrected chi connectivity index (χ4v) is 2.94. The highest BCUT2D eigenvalue weighted by Crippen LogP contribution is 2.25. The van der Waals surface area contributed by atoms with Crippen molar-refractivity contribution < 1.29 is 0 Å². The second-order valence-corrected chi connectivity index (χ2v) is 6.37. The van der Waals surface area contributed by atoms with Gasteiger partial charge >= 0.3 is 0 Å². The molecule has 23 heavy (non-hydrogen) atoms. The van der Waals surface area contributed by atoms with Crippen LogP contribution in [0.3, 0.4) is 0 Å².